The highest BCUT2D eigenvalue weighted by atomic mass is 35.5. The van der Waals surface area contributed by atoms with Crippen LogP contribution >= 0.6 is 11.6 Å². The molecule has 1 saturated carbocycles. The third-order valence-electron chi connectivity index (χ3n) is 5.86. The first-order chi connectivity index (χ1) is 13.7. The summed E-state index contributed by atoms with van der Waals surface area (Å²) >= 11 is 6.37. The Morgan fingerprint density at radius 3 is 2.61 bits per heavy atom. The maximum absolute atomic E-state index is 12.1. The first-order valence-corrected chi connectivity index (χ1v) is 11.0. The number of rotatable bonds is 8. The average Bonchev–Trinajstić information content (AvgIpc) is 2.72. The summed E-state index contributed by atoms with van der Waals surface area (Å²) < 4.78 is 11.1. The summed E-state index contributed by atoms with van der Waals surface area (Å²) in [6.07, 6.45) is 9.29. The second kappa shape index (κ2) is 11.0. The number of methoxy groups -OCH3 is 1. The summed E-state index contributed by atoms with van der Waals surface area (Å²) in [4.78, 5) is 14.7. The number of piperidine rings is 1. The molecule has 1 amide bonds. The third-order valence-corrected chi connectivity index (χ3v) is 6.15. The van der Waals surface area contributed by atoms with E-state index in [1.165, 1.54) is 38.6 Å². The Labute approximate surface area is 173 Å². The van der Waals surface area contributed by atoms with Crippen LogP contribution in [0, 0.1) is 5.92 Å². The molecular formula is C22H33ClN2O3. The molecule has 1 aromatic carbocycles. The summed E-state index contributed by atoms with van der Waals surface area (Å²) in [6, 6.07) is 5.25. The standard InChI is InChI=1S/C22H33ClN2O3/c1-27-14-11-24-22(26)18-7-8-21(20(23)15-18)28-19-9-12-25(13-10-19)16-17-5-3-2-4-6-17/h7-8,15,17,19H,2-6,9-14,16H2,1H3,(H,24,26). The van der Waals surface area contributed by atoms with Gasteiger partial charge >= 0.3 is 0 Å². The third kappa shape index (κ3) is 6.36. The lowest BCUT2D eigenvalue weighted by atomic mass is 9.88. The summed E-state index contributed by atoms with van der Waals surface area (Å²) in [7, 11) is 1.61. The van der Waals surface area contributed by atoms with E-state index in [0.717, 1.165) is 31.8 Å². The number of carbonyl (C=O) groups excluding carboxylic acids is 1. The van der Waals surface area contributed by atoms with Gasteiger partial charge in [0.15, 0.2) is 0 Å². The SMILES string of the molecule is COCCNC(=O)c1ccc(OC2CCN(CC3CCCCC3)CC2)c(Cl)c1. The van der Waals surface area contributed by atoms with Gasteiger partial charge < -0.3 is 19.7 Å². The first-order valence-electron chi connectivity index (χ1n) is 10.6. The molecule has 2 fully saturated rings. The van der Waals surface area contributed by atoms with Crippen molar-refractivity contribution < 1.29 is 14.3 Å². The van der Waals surface area contributed by atoms with E-state index in [0.29, 0.717) is 29.5 Å². The van der Waals surface area contributed by atoms with Crippen LogP contribution in [0.15, 0.2) is 18.2 Å². The van der Waals surface area contributed by atoms with Crippen molar-refractivity contribution in [2.24, 2.45) is 5.92 Å². The molecule has 5 nitrogen and oxygen atoms in total. The zero-order valence-corrected chi connectivity index (χ0v) is 17.7. The molecule has 0 atom stereocenters. The molecule has 0 radical (unpaired) electrons. The van der Waals surface area contributed by atoms with E-state index in [-0.39, 0.29) is 12.0 Å². The molecule has 0 unspecified atom stereocenters. The molecule has 0 aromatic heterocycles. The van der Waals surface area contributed by atoms with Gasteiger partial charge in [0, 0.05) is 38.9 Å². The monoisotopic (exact) mass is 408 g/mol. The van der Waals surface area contributed by atoms with E-state index in [9.17, 15) is 4.79 Å². The number of nitrogens with one attached hydrogen (secondary N) is 1. The van der Waals surface area contributed by atoms with Crippen LogP contribution in [0.2, 0.25) is 5.02 Å². The van der Waals surface area contributed by atoms with Crippen molar-refractivity contribution in [2.75, 3.05) is 39.9 Å². The van der Waals surface area contributed by atoms with Gasteiger partial charge in [-0.2, -0.15) is 0 Å². The van der Waals surface area contributed by atoms with E-state index in [1.54, 1.807) is 19.2 Å². The Morgan fingerprint density at radius 2 is 1.93 bits per heavy atom. The molecule has 156 valence electrons. The fourth-order valence-electron chi connectivity index (χ4n) is 4.23. The summed E-state index contributed by atoms with van der Waals surface area (Å²) in [6.45, 7) is 4.41. The van der Waals surface area contributed by atoms with Gasteiger partial charge in [-0.3, -0.25) is 4.79 Å². The van der Waals surface area contributed by atoms with Crippen LogP contribution in [0.3, 0.4) is 0 Å². The maximum Gasteiger partial charge on any atom is 0.251 e. The van der Waals surface area contributed by atoms with Gasteiger partial charge in [0.05, 0.1) is 11.6 Å². The van der Waals surface area contributed by atoms with Crippen LogP contribution in [-0.4, -0.2) is 56.8 Å². The molecule has 1 aliphatic heterocycles. The quantitative estimate of drug-likeness (QED) is 0.657. The summed E-state index contributed by atoms with van der Waals surface area (Å²) in [5.41, 5.74) is 0.538. The number of ether oxygens (including phenoxy) is 2. The smallest absolute Gasteiger partial charge is 0.251 e. The lowest BCUT2D eigenvalue weighted by molar-refractivity contribution is 0.0863. The van der Waals surface area contributed by atoms with Crippen molar-refractivity contribution in [3.63, 3.8) is 0 Å². The van der Waals surface area contributed by atoms with Crippen LogP contribution in [0.4, 0.5) is 0 Å². The number of hydrogen-bond donors (Lipinski definition) is 1. The Bertz CT molecular complexity index is 626. The Balaban J connectivity index is 1.44. The predicted molar refractivity (Wildman–Crippen MR) is 112 cm³/mol. The lowest BCUT2D eigenvalue weighted by Crippen LogP contribution is -2.41. The molecule has 1 aliphatic carbocycles. The zero-order valence-electron chi connectivity index (χ0n) is 16.9. The Hall–Kier alpha value is -1.30. The van der Waals surface area contributed by atoms with Crippen molar-refractivity contribution in [1.82, 2.24) is 10.2 Å². The molecule has 2 aliphatic rings. The molecule has 0 spiro atoms. The number of likely N-dealkylation sites (tertiary alicyclic amines) is 1. The van der Waals surface area contributed by atoms with Crippen LogP contribution in [-0.2, 0) is 4.74 Å². The topological polar surface area (TPSA) is 50.8 Å². The predicted octanol–water partition coefficient (Wildman–Crippen LogP) is 4.14. The maximum atomic E-state index is 12.1. The van der Waals surface area contributed by atoms with Crippen LogP contribution in [0.5, 0.6) is 5.75 Å². The van der Waals surface area contributed by atoms with Crippen molar-refractivity contribution in [2.45, 2.75) is 51.0 Å². The van der Waals surface area contributed by atoms with E-state index in [1.807, 2.05) is 6.07 Å². The van der Waals surface area contributed by atoms with Gasteiger partial charge in [0.1, 0.15) is 11.9 Å². The van der Waals surface area contributed by atoms with Crippen LogP contribution < -0.4 is 10.1 Å². The molecule has 1 heterocycles. The van der Waals surface area contributed by atoms with E-state index in [4.69, 9.17) is 21.1 Å². The number of nitrogens with zero attached hydrogens (tertiary/aromatic N) is 1. The van der Waals surface area contributed by atoms with E-state index in [2.05, 4.69) is 10.2 Å². The van der Waals surface area contributed by atoms with Gasteiger partial charge in [-0.15, -0.1) is 0 Å². The minimum absolute atomic E-state index is 0.151. The number of halogens is 1. The van der Waals surface area contributed by atoms with Crippen molar-refractivity contribution in [1.29, 1.82) is 0 Å². The minimum Gasteiger partial charge on any atom is -0.489 e. The normalized spacial score (nSPS) is 19.5. The molecular weight excluding hydrogens is 376 g/mol. The van der Waals surface area contributed by atoms with Crippen LogP contribution in [0.25, 0.3) is 0 Å². The van der Waals surface area contributed by atoms with Crippen molar-refractivity contribution in [3.05, 3.63) is 28.8 Å². The van der Waals surface area contributed by atoms with Gasteiger partial charge in [0.2, 0.25) is 0 Å². The number of carbonyl (C=O) groups is 1. The highest BCUT2D eigenvalue weighted by molar-refractivity contribution is 6.32. The highest BCUT2D eigenvalue weighted by Gasteiger charge is 2.24. The van der Waals surface area contributed by atoms with Crippen molar-refractivity contribution in [3.8, 4) is 5.75 Å². The zero-order chi connectivity index (χ0) is 19.8. The Kier molecular flexibility index (Phi) is 8.44. The molecule has 28 heavy (non-hydrogen) atoms. The number of hydrogen-bond acceptors (Lipinski definition) is 4. The fourth-order valence-corrected chi connectivity index (χ4v) is 4.46. The van der Waals surface area contributed by atoms with E-state index >= 15 is 0 Å². The molecule has 1 saturated heterocycles. The van der Waals surface area contributed by atoms with E-state index < -0.39 is 0 Å². The number of benzene rings is 1. The highest BCUT2D eigenvalue weighted by Crippen LogP contribution is 2.29. The van der Waals surface area contributed by atoms with Gasteiger partial charge in [-0.25, -0.2) is 0 Å². The van der Waals surface area contributed by atoms with Gasteiger partial charge in [-0.1, -0.05) is 30.9 Å². The molecule has 3 rings (SSSR count). The number of amides is 1. The second-order valence-corrected chi connectivity index (χ2v) is 8.42. The Morgan fingerprint density at radius 1 is 1.18 bits per heavy atom. The van der Waals surface area contributed by atoms with Gasteiger partial charge in [0.25, 0.3) is 5.91 Å². The van der Waals surface area contributed by atoms with Crippen molar-refractivity contribution >= 4 is 17.5 Å². The lowest BCUT2D eigenvalue weighted by Gasteiger charge is -2.35. The summed E-state index contributed by atoms with van der Waals surface area (Å²) in [5.74, 6) is 1.41. The van der Waals surface area contributed by atoms with Crippen LogP contribution in [0.1, 0.15) is 55.3 Å². The first kappa shape index (κ1) is 21.4. The second-order valence-electron chi connectivity index (χ2n) is 8.02. The summed E-state index contributed by atoms with van der Waals surface area (Å²) in [5, 5.41) is 3.29. The molecule has 1 N–H and O–H groups in total. The average molecular weight is 409 g/mol. The van der Waals surface area contributed by atoms with Gasteiger partial charge in [-0.05, 0) is 49.8 Å². The fraction of sp³-hybridized carbons (Fsp3) is 0.682. The minimum atomic E-state index is -0.151. The molecule has 6 heteroatoms. The molecule has 0 bridgehead atoms. The molecule has 1 aromatic rings. The largest absolute Gasteiger partial charge is 0.489 e.